The number of carbonyl (C=O) groups excluding carboxylic acids is 1. The van der Waals surface area contributed by atoms with E-state index in [9.17, 15) is 4.79 Å². The van der Waals surface area contributed by atoms with E-state index in [0.717, 1.165) is 36.1 Å². The summed E-state index contributed by atoms with van der Waals surface area (Å²) >= 11 is 0. The van der Waals surface area contributed by atoms with Gasteiger partial charge in [0, 0.05) is 42.9 Å². The van der Waals surface area contributed by atoms with Gasteiger partial charge in [-0.3, -0.25) is 9.89 Å². The summed E-state index contributed by atoms with van der Waals surface area (Å²) in [4.78, 5) is 16.6. The second kappa shape index (κ2) is 5.29. The number of nitrogens with zero attached hydrogens (tertiary/aromatic N) is 3. The number of fused-ring (bicyclic) bond motifs is 2. The van der Waals surface area contributed by atoms with E-state index >= 15 is 0 Å². The number of carbonyl (C=O) groups is 1. The monoisotopic (exact) mass is 295 g/mol. The van der Waals surface area contributed by atoms with E-state index in [1.807, 2.05) is 30.6 Å². The van der Waals surface area contributed by atoms with E-state index in [-0.39, 0.29) is 5.91 Å². The third-order valence-corrected chi connectivity index (χ3v) is 4.30. The lowest BCUT2D eigenvalue weighted by atomic mass is 9.97. The zero-order valence-electron chi connectivity index (χ0n) is 12.1. The zero-order chi connectivity index (χ0) is 14.9. The van der Waals surface area contributed by atoms with Crippen LogP contribution in [0.1, 0.15) is 22.6 Å². The molecule has 1 aromatic carbocycles. The van der Waals surface area contributed by atoms with Gasteiger partial charge >= 0.3 is 0 Å². The first-order valence-electron chi connectivity index (χ1n) is 7.51. The van der Waals surface area contributed by atoms with Gasteiger partial charge in [-0.15, -0.1) is 0 Å². The number of aromatic amines is 1. The smallest absolute Gasteiger partial charge is 0.251 e. The minimum absolute atomic E-state index is 0.0305. The molecule has 1 atom stereocenters. The molecule has 0 fully saturated rings. The second-order valence-corrected chi connectivity index (χ2v) is 5.78. The van der Waals surface area contributed by atoms with Crippen LogP contribution in [0.15, 0.2) is 36.8 Å². The Kier molecular flexibility index (Phi) is 3.14. The number of imidazole rings is 1. The standard InChI is InChI=1S/C16H17N5O/c22-16(12-1-2-14-13(8-12)10-19-20-14)18-9-11-3-5-21-6-4-17-15(21)7-11/h1-2,4,6,8,10-11H,3,5,7,9H2,(H,18,22)(H,19,20). The van der Waals surface area contributed by atoms with E-state index < -0.39 is 0 Å². The van der Waals surface area contributed by atoms with Crippen LogP contribution in [0.2, 0.25) is 0 Å². The highest BCUT2D eigenvalue weighted by molar-refractivity contribution is 5.97. The van der Waals surface area contributed by atoms with Crippen LogP contribution in [0.25, 0.3) is 10.9 Å². The summed E-state index contributed by atoms with van der Waals surface area (Å²) in [5, 5.41) is 10.8. The summed E-state index contributed by atoms with van der Waals surface area (Å²) < 4.78 is 2.19. The number of aryl methyl sites for hydroxylation is 1. The molecule has 1 aliphatic heterocycles. The van der Waals surface area contributed by atoms with Crippen LogP contribution in [0.4, 0.5) is 0 Å². The lowest BCUT2D eigenvalue weighted by Gasteiger charge is -2.23. The summed E-state index contributed by atoms with van der Waals surface area (Å²) in [6, 6.07) is 5.57. The van der Waals surface area contributed by atoms with Crippen molar-refractivity contribution in [2.75, 3.05) is 6.54 Å². The summed E-state index contributed by atoms with van der Waals surface area (Å²) in [6.07, 6.45) is 7.59. The van der Waals surface area contributed by atoms with E-state index in [1.54, 1.807) is 6.20 Å². The van der Waals surface area contributed by atoms with Gasteiger partial charge in [-0.25, -0.2) is 4.98 Å². The molecule has 3 heterocycles. The Bertz CT molecular complexity index is 819. The normalized spacial score (nSPS) is 17.4. The highest BCUT2D eigenvalue weighted by Gasteiger charge is 2.19. The molecule has 4 rings (SSSR count). The van der Waals surface area contributed by atoms with Crippen LogP contribution in [0.3, 0.4) is 0 Å². The van der Waals surface area contributed by atoms with Crippen molar-refractivity contribution in [1.29, 1.82) is 0 Å². The molecule has 0 saturated carbocycles. The van der Waals surface area contributed by atoms with Gasteiger partial charge in [-0.2, -0.15) is 5.10 Å². The van der Waals surface area contributed by atoms with Crippen molar-refractivity contribution in [1.82, 2.24) is 25.1 Å². The number of amides is 1. The van der Waals surface area contributed by atoms with Crippen LogP contribution >= 0.6 is 0 Å². The van der Waals surface area contributed by atoms with Crippen molar-refractivity contribution in [2.45, 2.75) is 19.4 Å². The molecule has 1 unspecified atom stereocenters. The van der Waals surface area contributed by atoms with Gasteiger partial charge in [0.25, 0.3) is 5.91 Å². The number of H-pyrrole nitrogens is 1. The Labute approximate surface area is 127 Å². The number of hydrogen-bond acceptors (Lipinski definition) is 3. The Morgan fingerprint density at radius 2 is 2.41 bits per heavy atom. The highest BCUT2D eigenvalue weighted by Crippen LogP contribution is 2.18. The molecule has 0 radical (unpaired) electrons. The molecule has 1 amide bonds. The lowest BCUT2D eigenvalue weighted by molar-refractivity contribution is 0.0944. The van der Waals surface area contributed by atoms with Crippen LogP contribution in [-0.2, 0) is 13.0 Å². The fraction of sp³-hybridized carbons (Fsp3) is 0.312. The maximum Gasteiger partial charge on any atom is 0.251 e. The fourth-order valence-electron chi connectivity index (χ4n) is 3.01. The van der Waals surface area contributed by atoms with Crippen LogP contribution in [0, 0.1) is 5.92 Å². The molecular formula is C16H17N5O. The van der Waals surface area contributed by atoms with Gasteiger partial charge in [0.1, 0.15) is 5.82 Å². The second-order valence-electron chi connectivity index (χ2n) is 5.78. The highest BCUT2D eigenvalue weighted by atomic mass is 16.1. The van der Waals surface area contributed by atoms with Crippen LogP contribution in [0.5, 0.6) is 0 Å². The quantitative estimate of drug-likeness (QED) is 0.773. The minimum Gasteiger partial charge on any atom is -0.352 e. The van der Waals surface area contributed by atoms with Crippen molar-refractivity contribution in [3.63, 3.8) is 0 Å². The maximum absolute atomic E-state index is 12.3. The van der Waals surface area contributed by atoms with Crippen molar-refractivity contribution in [3.8, 4) is 0 Å². The molecule has 2 aromatic heterocycles. The van der Waals surface area contributed by atoms with E-state index in [4.69, 9.17) is 0 Å². The largest absolute Gasteiger partial charge is 0.352 e. The SMILES string of the molecule is O=C(NCC1CCn2ccnc2C1)c1ccc2[nH]ncc2c1. The number of aromatic nitrogens is 4. The van der Waals surface area contributed by atoms with Crippen LogP contribution in [-0.4, -0.2) is 32.2 Å². The Balaban J connectivity index is 1.40. The zero-order valence-corrected chi connectivity index (χ0v) is 12.1. The van der Waals surface area contributed by atoms with Gasteiger partial charge in [0.15, 0.2) is 0 Å². The molecule has 22 heavy (non-hydrogen) atoms. The van der Waals surface area contributed by atoms with Gasteiger partial charge in [-0.1, -0.05) is 0 Å². The predicted molar refractivity (Wildman–Crippen MR) is 82.5 cm³/mol. The first kappa shape index (κ1) is 13.1. The molecule has 6 nitrogen and oxygen atoms in total. The first-order chi connectivity index (χ1) is 10.8. The molecule has 6 heteroatoms. The van der Waals surface area contributed by atoms with E-state index in [0.29, 0.717) is 18.0 Å². The number of rotatable bonds is 3. The number of benzene rings is 1. The van der Waals surface area contributed by atoms with Gasteiger partial charge in [0.2, 0.25) is 0 Å². The Hall–Kier alpha value is -2.63. The van der Waals surface area contributed by atoms with E-state index in [1.165, 1.54) is 0 Å². The topological polar surface area (TPSA) is 75.6 Å². The molecular weight excluding hydrogens is 278 g/mol. The molecule has 112 valence electrons. The van der Waals surface area contributed by atoms with Gasteiger partial charge in [0.05, 0.1) is 11.7 Å². The first-order valence-corrected chi connectivity index (χ1v) is 7.51. The Morgan fingerprint density at radius 3 is 3.36 bits per heavy atom. The molecule has 1 aliphatic rings. The van der Waals surface area contributed by atoms with Crippen molar-refractivity contribution in [3.05, 3.63) is 48.2 Å². The molecule has 2 N–H and O–H groups in total. The fourth-order valence-corrected chi connectivity index (χ4v) is 3.01. The number of nitrogens with one attached hydrogen (secondary N) is 2. The molecule has 0 aliphatic carbocycles. The molecule has 3 aromatic rings. The third kappa shape index (κ3) is 2.36. The Morgan fingerprint density at radius 1 is 1.45 bits per heavy atom. The van der Waals surface area contributed by atoms with Crippen molar-refractivity contribution in [2.24, 2.45) is 5.92 Å². The summed E-state index contributed by atoms with van der Waals surface area (Å²) in [5.41, 5.74) is 1.61. The third-order valence-electron chi connectivity index (χ3n) is 4.30. The molecule has 0 spiro atoms. The summed E-state index contributed by atoms with van der Waals surface area (Å²) in [6.45, 7) is 1.67. The average Bonchev–Trinajstić information content (AvgIpc) is 3.19. The van der Waals surface area contributed by atoms with Crippen LogP contribution < -0.4 is 5.32 Å². The van der Waals surface area contributed by atoms with Crippen molar-refractivity contribution >= 4 is 16.8 Å². The minimum atomic E-state index is -0.0305. The lowest BCUT2D eigenvalue weighted by Crippen LogP contribution is -2.33. The summed E-state index contributed by atoms with van der Waals surface area (Å²) in [7, 11) is 0. The van der Waals surface area contributed by atoms with E-state index in [2.05, 4.69) is 25.1 Å². The summed E-state index contributed by atoms with van der Waals surface area (Å²) in [5.74, 6) is 1.54. The molecule has 0 saturated heterocycles. The van der Waals surface area contributed by atoms with Gasteiger partial charge in [-0.05, 0) is 30.5 Å². The predicted octanol–water partition coefficient (Wildman–Crippen LogP) is 1.75. The van der Waals surface area contributed by atoms with Gasteiger partial charge < -0.3 is 9.88 Å². The average molecular weight is 295 g/mol. The van der Waals surface area contributed by atoms with Crippen molar-refractivity contribution < 1.29 is 4.79 Å². The molecule has 0 bridgehead atoms. The maximum atomic E-state index is 12.3. The number of hydrogen-bond donors (Lipinski definition) is 2.